The lowest BCUT2D eigenvalue weighted by Crippen LogP contribution is -2.44. The molecule has 2 aliphatic heterocycles. The molecule has 0 aliphatic carbocycles. The van der Waals surface area contributed by atoms with Gasteiger partial charge in [-0.25, -0.2) is 8.42 Å². The summed E-state index contributed by atoms with van der Waals surface area (Å²) >= 11 is 0. The van der Waals surface area contributed by atoms with Crippen molar-refractivity contribution in [1.82, 2.24) is 14.2 Å². The molecule has 0 saturated carbocycles. The number of anilines is 1. The average Bonchev–Trinajstić information content (AvgIpc) is 3.55. The van der Waals surface area contributed by atoms with Crippen molar-refractivity contribution in [2.75, 3.05) is 31.5 Å². The van der Waals surface area contributed by atoms with E-state index in [0.29, 0.717) is 25.3 Å². The Hall–Kier alpha value is -2.94. The van der Waals surface area contributed by atoms with E-state index in [4.69, 9.17) is 0 Å². The molecule has 3 heterocycles. The molecule has 1 amide bonds. The van der Waals surface area contributed by atoms with Crippen LogP contribution in [0.3, 0.4) is 0 Å². The zero-order valence-electron chi connectivity index (χ0n) is 19.3. The van der Waals surface area contributed by atoms with Gasteiger partial charge in [0.15, 0.2) is 0 Å². The van der Waals surface area contributed by atoms with Crippen molar-refractivity contribution in [3.05, 3.63) is 66.4 Å². The molecule has 2 aromatic carbocycles. The fourth-order valence-electron chi connectivity index (χ4n) is 4.82. The highest BCUT2D eigenvalue weighted by atomic mass is 32.2. The summed E-state index contributed by atoms with van der Waals surface area (Å²) in [5.74, 6) is -0.0981. The Labute approximate surface area is 200 Å². The monoisotopic (exact) mass is 478 g/mol. The number of nitrogens with zero attached hydrogens (tertiary/aromatic N) is 2. The summed E-state index contributed by atoms with van der Waals surface area (Å²) in [6.07, 6.45) is 6.96. The Morgan fingerprint density at radius 1 is 1.03 bits per heavy atom. The van der Waals surface area contributed by atoms with Crippen molar-refractivity contribution in [3.8, 4) is 0 Å². The molecule has 2 N–H and O–H groups in total. The summed E-state index contributed by atoms with van der Waals surface area (Å²) in [5, 5.41) is 4.16. The molecule has 0 radical (unpaired) electrons. The molecule has 5 rings (SSSR count). The van der Waals surface area contributed by atoms with Gasteiger partial charge in [-0.1, -0.05) is 24.3 Å². The van der Waals surface area contributed by atoms with Crippen LogP contribution >= 0.6 is 0 Å². The highest BCUT2D eigenvalue weighted by molar-refractivity contribution is 7.89. The number of amides is 1. The topological polar surface area (TPSA) is 85.5 Å². The van der Waals surface area contributed by atoms with Crippen LogP contribution in [-0.4, -0.2) is 60.7 Å². The molecular weight excluding hydrogens is 448 g/mol. The molecule has 1 aromatic heterocycles. The molecule has 8 heteroatoms. The van der Waals surface area contributed by atoms with E-state index in [1.54, 1.807) is 24.3 Å². The van der Waals surface area contributed by atoms with Crippen molar-refractivity contribution < 1.29 is 13.2 Å². The molecule has 0 bridgehead atoms. The number of hydrogen-bond acceptors (Lipinski definition) is 4. The van der Waals surface area contributed by atoms with E-state index < -0.39 is 10.0 Å². The van der Waals surface area contributed by atoms with Crippen molar-refractivity contribution in [2.24, 2.45) is 0 Å². The molecule has 3 aromatic rings. The number of aromatic nitrogens is 1. The van der Waals surface area contributed by atoms with Gasteiger partial charge < -0.3 is 10.3 Å². The number of carbonyl (C=O) groups is 1. The predicted octanol–water partition coefficient (Wildman–Crippen LogP) is 4.07. The van der Waals surface area contributed by atoms with Crippen LogP contribution in [0.4, 0.5) is 5.69 Å². The van der Waals surface area contributed by atoms with E-state index in [2.05, 4.69) is 45.7 Å². The number of hydrogen-bond donors (Lipinski definition) is 2. The van der Waals surface area contributed by atoms with Crippen LogP contribution in [0.25, 0.3) is 16.5 Å². The number of H-pyrrole nitrogens is 1. The summed E-state index contributed by atoms with van der Waals surface area (Å²) in [6, 6.07) is 14.5. The second kappa shape index (κ2) is 9.37. The summed E-state index contributed by atoms with van der Waals surface area (Å²) in [6.45, 7) is 4.56. The lowest BCUT2D eigenvalue weighted by molar-refractivity contribution is -0.120. The minimum Gasteiger partial charge on any atom is -0.361 e. The first kappa shape index (κ1) is 22.8. The van der Waals surface area contributed by atoms with Gasteiger partial charge in [-0.2, -0.15) is 4.31 Å². The average molecular weight is 479 g/mol. The van der Waals surface area contributed by atoms with Crippen LogP contribution < -0.4 is 5.32 Å². The maximum absolute atomic E-state index is 12.9. The van der Waals surface area contributed by atoms with Gasteiger partial charge in [-0.05, 0) is 62.1 Å². The second-order valence-corrected chi connectivity index (χ2v) is 11.0. The van der Waals surface area contributed by atoms with Gasteiger partial charge in [-0.15, -0.1) is 0 Å². The Morgan fingerprint density at radius 2 is 1.76 bits per heavy atom. The van der Waals surface area contributed by atoms with Gasteiger partial charge in [-0.3, -0.25) is 9.69 Å². The highest BCUT2D eigenvalue weighted by Gasteiger charge is 2.27. The number of carbonyl (C=O) groups excluding carboxylic acids is 1. The van der Waals surface area contributed by atoms with E-state index in [-0.39, 0.29) is 16.8 Å². The van der Waals surface area contributed by atoms with E-state index in [1.807, 2.05) is 13.0 Å². The van der Waals surface area contributed by atoms with Gasteiger partial charge in [0.25, 0.3) is 0 Å². The SMILES string of the molecule is C[C@H](C(=O)Nc1ccc(S(=O)(=O)N2CCCC2)cc1)N1CC=C(c2c[nH]c3ccccc23)CC1. The molecule has 1 fully saturated rings. The molecular formula is C26H30N4O3S. The lowest BCUT2D eigenvalue weighted by Gasteiger charge is -2.31. The zero-order valence-corrected chi connectivity index (χ0v) is 20.1. The maximum Gasteiger partial charge on any atom is 0.243 e. The normalized spacial score (nSPS) is 18.7. The van der Waals surface area contributed by atoms with Crippen molar-refractivity contribution in [1.29, 1.82) is 0 Å². The summed E-state index contributed by atoms with van der Waals surface area (Å²) in [7, 11) is -3.45. The third-order valence-corrected chi connectivity index (χ3v) is 8.84. The van der Waals surface area contributed by atoms with Crippen molar-refractivity contribution in [2.45, 2.75) is 37.1 Å². The maximum atomic E-state index is 12.9. The Morgan fingerprint density at radius 3 is 2.47 bits per heavy atom. The quantitative estimate of drug-likeness (QED) is 0.559. The summed E-state index contributed by atoms with van der Waals surface area (Å²) < 4.78 is 26.9. The smallest absolute Gasteiger partial charge is 0.243 e. The first-order valence-electron chi connectivity index (χ1n) is 11.8. The van der Waals surface area contributed by atoms with Crippen molar-refractivity contribution >= 4 is 38.1 Å². The Bertz CT molecular complexity index is 1320. The fourth-order valence-corrected chi connectivity index (χ4v) is 6.34. The fraction of sp³-hybridized carbons (Fsp3) is 0.346. The third kappa shape index (κ3) is 4.41. The van der Waals surface area contributed by atoms with Crippen LogP contribution in [0.1, 0.15) is 31.7 Å². The van der Waals surface area contributed by atoms with Crippen LogP contribution in [0.2, 0.25) is 0 Å². The molecule has 2 aliphatic rings. The van der Waals surface area contributed by atoms with Crippen molar-refractivity contribution in [3.63, 3.8) is 0 Å². The predicted molar refractivity (Wildman–Crippen MR) is 135 cm³/mol. The van der Waals surface area contributed by atoms with Crippen LogP contribution in [0, 0.1) is 0 Å². The molecule has 7 nitrogen and oxygen atoms in total. The summed E-state index contributed by atoms with van der Waals surface area (Å²) in [5.41, 5.74) is 4.27. The van der Waals surface area contributed by atoms with Gasteiger partial charge >= 0.3 is 0 Å². The minimum absolute atomic E-state index is 0.0981. The Balaban J connectivity index is 1.21. The van der Waals surface area contributed by atoms with Gasteiger partial charge in [0.2, 0.25) is 15.9 Å². The molecule has 0 unspecified atom stereocenters. The number of fused-ring (bicyclic) bond motifs is 1. The minimum atomic E-state index is -3.45. The standard InChI is InChI=1S/C26H30N4O3S/c1-19(29-16-12-20(13-17-29)24-18-27-25-7-3-2-6-23(24)25)26(31)28-21-8-10-22(11-9-21)34(32,33)30-14-4-5-15-30/h2-3,6-12,18-19,27H,4-5,13-17H2,1H3,(H,28,31)/t19-/m1/s1. The Kier molecular flexibility index (Phi) is 6.29. The molecule has 1 atom stereocenters. The van der Waals surface area contributed by atoms with E-state index in [1.165, 1.54) is 20.8 Å². The number of rotatable bonds is 6. The van der Waals surface area contributed by atoms with Crippen LogP contribution in [0.5, 0.6) is 0 Å². The first-order chi connectivity index (χ1) is 16.4. The third-order valence-electron chi connectivity index (χ3n) is 6.93. The van der Waals surface area contributed by atoms with Gasteiger partial charge in [0.05, 0.1) is 10.9 Å². The van der Waals surface area contributed by atoms with Gasteiger partial charge in [0.1, 0.15) is 0 Å². The lowest BCUT2D eigenvalue weighted by atomic mass is 9.98. The number of benzene rings is 2. The number of aromatic amines is 1. The van der Waals surface area contributed by atoms with E-state index in [0.717, 1.165) is 31.3 Å². The molecule has 1 saturated heterocycles. The van der Waals surface area contributed by atoms with Crippen LogP contribution in [-0.2, 0) is 14.8 Å². The van der Waals surface area contributed by atoms with E-state index >= 15 is 0 Å². The number of nitrogens with one attached hydrogen (secondary N) is 2. The van der Waals surface area contributed by atoms with E-state index in [9.17, 15) is 13.2 Å². The number of para-hydroxylation sites is 1. The zero-order chi connectivity index (χ0) is 23.7. The summed E-state index contributed by atoms with van der Waals surface area (Å²) in [4.78, 5) is 18.6. The first-order valence-corrected chi connectivity index (χ1v) is 13.3. The van der Waals surface area contributed by atoms with Gasteiger partial charge in [0, 0.05) is 54.5 Å². The second-order valence-electron chi connectivity index (χ2n) is 9.02. The molecule has 0 spiro atoms. The number of sulfonamides is 1. The highest BCUT2D eigenvalue weighted by Crippen LogP contribution is 2.30. The molecule has 178 valence electrons. The largest absolute Gasteiger partial charge is 0.361 e. The van der Waals surface area contributed by atoms with Crippen LogP contribution in [0.15, 0.2) is 65.7 Å². The molecule has 34 heavy (non-hydrogen) atoms.